The number of carboxylic acids is 1. The van der Waals surface area contributed by atoms with Crippen molar-refractivity contribution in [2.45, 2.75) is 25.0 Å². The van der Waals surface area contributed by atoms with Crippen molar-refractivity contribution < 1.29 is 19.4 Å². The first-order valence-electron chi connectivity index (χ1n) is 7.86. The highest BCUT2D eigenvalue weighted by molar-refractivity contribution is 5.70. The van der Waals surface area contributed by atoms with Crippen molar-refractivity contribution in [2.24, 2.45) is 0 Å². The fourth-order valence-corrected chi connectivity index (χ4v) is 3.35. The van der Waals surface area contributed by atoms with Crippen LogP contribution in [0.5, 0.6) is 0 Å². The third kappa shape index (κ3) is 2.77. The summed E-state index contributed by atoms with van der Waals surface area (Å²) in [5.74, 6) is -1.24. The number of pyridine rings is 1. The number of rotatable bonds is 3. The van der Waals surface area contributed by atoms with Crippen LogP contribution in [0.3, 0.4) is 0 Å². The molecule has 7 heteroatoms. The zero-order valence-corrected chi connectivity index (χ0v) is 12.8. The number of carbonyl (C=O) groups is 1. The molecule has 0 atom stereocenters. The number of hydrogen-bond donors (Lipinski definition) is 1. The van der Waals surface area contributed by atoms with Crippen molar-refractivity contribution in [3.05, 3.63) is 30.2 Å². The van der Waals surface area contributed by atoms with Gasteiger partial charge in [-0.2, -0.15) is 0 Å². The van der Waals surface area contributed by atoms with Gasteiger partial charge in [0.2, 0.25) is 0 Å². The number of aliphatic carboxylic acids is 1. The van der Waals surface area contributed by atoms with Crippen molar-refractivity contribution in [1.29, 1.82) is 0 Å². The van der Waals surface area contributed by atoms with E-state index in [2.05, 4.69) is 9.88 Å². The molecule has 2 aromatic heterocycles. The summed E-state index contributed by atoms with van der Waals surface area (Å²) >= 11 is 0. The largest absolute Gasteiger partial charge is 0.481 e. The van der Waals surface area contributed by atoms with Gasteiger partial charge in [0.15, 0.2) is 5.79 Å². The second kappa shape index (κ2) is 5.50. The van der Waals surface area contributed by atoms with Crippen LogP contribution in [0.15, 0.2) is 24.5 Å². The molecule has 4 rings (SSSR count). The van der Waals surface area contributed by atoms with Gasteiger partial charge in [0, 0.05) is 38.3 Å². The molecule has 2 aliphatic rings. The van der Waals surface area contributed by atoms with E-state index in [1.54, 1.807) is 6.20 Å². The van der Waals surface area contributed by atoms with Gasteiger partial charge in [0.25, 0.3) is 0 Å². The lowest BCUT2D eigenvalue weighted by atomic mass is 10.0. The molecule has 23 heavy (non-hydrogen) atoms. The van der Waals surface area contributed by atoms with E-state index in [4.69, 9.17) is 14.6 Å². The van der Waals surface area contributed by atoms with E-state index in [1.165, 1.54) is 0 Å². The predicted molar refractivity (Wildman–Crippen MR) is 82.6 cm³/mol. The lowest BCUT2D eigenvalue weighted by Gasteiger charge is -2.38. The van der Waals surface area contributed by atoms with Gasteiger partial charge in [0.1, 0.15) is 5.65 Å². The van der Waals surface area contributed by atoms with E-state index >= 15 is 0 Å². The number of aromatic nitrogens is 2. The van der Waals surface area contributed by atoms with Crippen LogP contribution in [0.2, 0.25) is 0 Å². The molecule has 0 unspecified atom stereocenters. The summed E-state index contributed by atoms with van der Waals surface area (Å²) in [4.78, 5) is 17.4. The number of ether oxygens (including phenoxy) is 2. The zero-order valence-electron chi connectivity index (χ0n) is 12.8. The van der Waals surface area contributed by atoms with Crippen molar-refractivity contribution in [3.63, 3.8) is 0 Å². The van der Waals surface area contributed by atoms with Gasteiger partial charge in [-0.1, -0.05) is 0 Å². The van der Waals surface area contributed by atoms with Crippen LogP contribution in [-0.4, -0.2) is 52.6 Å². The Morgan fingerprint density at radius 1 is 1.22 bits per heavy atom. The first kappa shape index (κ1) is 14.5. The third-order valence-electron chi connectivity index (χ3n) is 4.52. The maximum absolute atomic E-state index is 10.8. The highest BCUT2D eigenvalue weighted by atomic mass is 16.7. The molecular weight excluding hydrogens is 298 g/mol. The summed E-state index contributed by atoms with van der Waals surface area (Å²) in [6, 6.07) is 3.95. The molecule has 0 saturated carbocycles. The van der Waals surface area contributed by atoms with Crippen molar-refractivity contribution in [1.82, 2.24) is 9.38 Å². The number of fused-ring (bicyclic) bond motifs is 1. The summed E-state index contributed by atoms with van der Waals surface area (Å²) in [5.41, 5.74) is 2.44. The van der Waals surface area contributed by atoms with Crippen LogP contribution in [0.25, 0.3) is 5.65 Å². The topological polar surface area (TPSA) is 76.3 Å². The van der Waals surface area contributed by atoms with Gasteiger partial charge in [-0.3, -0.25) is 4.79 Å². The number of carboxylic acid groups (broad SMARTS) is 1. The number of piperidine rings is 1. The summed E-state index contributed by atoms with van der Waals surface area (Å²) in [7, 11) is 0. The fraction of sp³-hybridized carbons (Fsp3) is 0.500. The Kier molecular flexibility index (Phi) is 3.46. The molecule has 0 aliphatic carbocycles. The molecule has 0 bridgehead atoms. The summed E-state index contributed by atoms with van der Waals surface area (Å²) in [6.07, 6.45) is 5.44. The van der Waals surface area contributed by atoms with Crippen LogP contribution >= 0.6 is 0 Å². The Morgan fingerprint density at radius 3 is 2.65 bits per heavy atom. The van der Waals surface area contributed by atoms with Crippen LogP contribution in [-0.2, 0) is 20.7 Å². The van der Waals surface area contributed by atoms with Crippen molar-refractivity contribution in [2.75, 3.05) is 31.2 Å². The average molecular weight is 317 g/mol. The molecule has 2 aliphatic heterocycles. The minimum absolute atomic E-state index is 0.0576. The number of anilines is 1. The van der Waals surface area contributed by atoms with Gasteiger partial charge in [-0.15, -0.1) is 0 Å². The Hall–Kier alpha value is -2.12. The van der Waals surface area contributed by atoms with Crippen molar-refractivity contribution >= 4 is 17.3 Å². The van der Waals surface area contributed by atoms with E-state index in [9.17, 15) is 4.79 Å². The smallest absolute Gasteiger partial charge is 0.309 e. The van der Waals surface area contributed by atoms with Gasteiger partial charge < -0.3 is 23.9 Å². The lowest BCUT2D eigenvalue weighted by molar-refractivity contribution is -0.169. The highest BCUT2D eigenvalue weighted by Gasteiger charge is 2.39. The van der Waals surface area contributed by atoms with Gasteiger partial charge in [-0.25, -0.2) is 4.98 Å². The Labute approximate surface area is 133 Å². The summed E-state index contributed by atoms with van der Waals surface area (Å²) in [5, 5.41) is 8.87. The molecule has 0 amide bonds. The van der Waals surface area contributed by atoms with Gasteiger partial charge >= 0.3 is 5.97 Å². The first-order valence-corrected chi connectivity index (χ1v) is 7.86. The molecule has 4 heterocycles. The minimum Gasteiger partial charge on any atom is -0.481 e. The predicted octanol–water partition coefficient (Wildman–Crippen LogP) is 1.30. The quantitative estimate of drug-likeness (QED) is 0.920. The Balaban J connectivity index is 1.51. The molecular formula is C16H19N3O4. The Morgan fingerprint density at radius 2 is 1.96 bits per heavy atom. The van der Waals surface area contributed by atoms with Crippen LogP contribution in [0, 0.1) is 0 Å². The van der Waals surface area contributed by atoms with Crippen LogP contribution < -0.4 is 4.90 Å². The molecule has 2 aromatic rings. The standard InChI is InChI=1S/C16H19N3O4/c20-15(21)9-12-10-19-11-13(1-2-14(19)17-12)18-5-3-16(4-6-18)22-7-8-23-16/h1-2,10-11H,3-9H2,(H,20,21). The Bertz CT molecular complexity index is 726. The van der Waals surface area contributed by atoms with E-state index in [0.29, 0.717) is 18.9 Å². The number of imidazole rings is 1. The fourth-order valence-electron chi connectivity index (χ4n) is 3.35. The maximum Gasteiger partial charge on any atom is 0.309 e. The molecule has 2 fully saturated rings. The maximum atomic E-state index is 10.8. The van der Waals surface area contributed by atoms with E-state index in [0.717, 1.165) is 37.3 Å². The SMILES string of the molecule is O=C(O)Cc1cn2cc(N3CCC4(CC3)OCCO4)ccc2n1. The third-order valence-corrected chi connectivity index (χ3v) is 4.52. The molecule has 7 nitrogen and oxygen atoms in total. The van der Waals surface area contributed by atoms with Crippen molar-refractivity contribution in [3.8, 4) is 0 Å². The molecule has 0 radical (unpaired) electrons. The van der Waals surface area contributed by atoms with Crippen LogP contribution in [0.4, 0.5) is 5.69 Å². The van der Waals surface area contributed by atoms with E-state index in [-0.39, 0.29) is 12.2 Å². The van der Waals surface area contributed by atoms with Gasteiger partial charge in [0.05, 0.1) is 31.0 Å². The number of nitrogens with zero attached hydrogens (tertiary/aromatic N) is 3. The molecule has 0 aromatic carbocycles. The molecule has 2 saturated heterocycles. The first-order chi connectivity index (χ1) is 11.1. The average Bonchev–Trinajstić information content (AvgIpc) is 3.13. The second-order valence-corrected chi connectivity index (χ2v) is 6.05. The number of hydrogen-bond acceptors (Lipinski definition) is 5. The normalized spacial score (nSPS) is 20.4. The van der Waals surface area contributed by atoms with E-state index < -0.39 is 5.97 Å². The van der Waals surface area contributed by atoms with Crippen LogP contribution in [0.1, 0.15) is 18.5 Å². The molecule has 122 valence electrons. The summed E-state index contributed by atoms with van der Waals surface area (Å²) in [6.45, 7) is 3.13. The minimum atomic E-state index is -0.869. The lowest BCUT2D eigenvalue weighted by Crippen LogP contribution is -2.45. The highest BCUT2D eigenvalue weighted by Crippen LogP contribution is 2.33. The monoisotopic (exact) mass is 317 g/mol. The second-order valence-electron chi connectivity index (χ2n) is 6.05. The molecule has 1 N–H and O–H groups in total. The van der Waals surface area contributed by atoms with E-state index in [1.807, 2.05) is 22.7 Å². The molecule has 1 spiro atoms. The summed E-state index contributed by atoms with van der Waals surface area (Å²) < 4.78 is 13.4. The van der Waals surface area contributed by atoms with Gasteiger partial charge in [-0.05, 0) is 12.1 Å². The zero-order chi connectivity index (χ0) is 15.9.